The summed E-state index contributed by atoms with van der Waals surface area (Å²) in [6, 6.07) is 9.89. The van der Waals surface area contributed by atoms with Crippen LogP contribution >= 0.6 is 0 Å². The fourth-order valence-electron chi connectivity index (χ4n) is 4.20. The normalized spacial score (nSPS) is 15.3. The van der Waals surface area contributed by atoms with Crippen LogP contribution in [-0.2, 0) is 11.0 Å². The van der Waals surface area contributed by atoms with E-state index >= 15 is 0 Å². The fourth-order valence-corrected chi connectivity index (χ4v) is 4.20. The van der Waals surface area contributed by atoms with Crippen LogP contribution in [-0.4, -0.2) is 55.4 Å². The molecule has 1 atom stereocenters. The number of rotatable bonds is 8. The number of amides is 3. The molecular formula is C27H32F3N3O4. The van der Waals surface area contributed by atoms with E-state index in [0.717, 1.165) is 12.1 Å². The van der Waals surface area contributed by atoms with Crippen molar-refractivity contribution < 1.29 is 32.3 Å². The molecule has 0 aliphatic carbocycles. The quantitative estimate of drug-likeness (QED) is 0.549. The van der Waals surface area contributed by atoms with Crippen molar-refractivity contribution in [1.29, 1.82) is 0 Å². The molecular weight excluding hydrogens is 487 g/mol. The maximum absolute atomic E-state index is 13.0. The third-order valence-corrected chi connectivity index (χ3v) is 6.36. The molecule has 3 amide bonds. The van der Waals surface area contributed by atoms with Gasteiger partial charge < -0.3 is 20.3 Å². The van der Waals surface area contributed by atoms with Gasteiger partial charge in [0.05, 0.1) is 12.7 Å². The number of hydrogen-bond donors (Lipinski definition) is 2. The van der Waals surface area contributed by atoms with Crippen LogP contribution in [0, 0.1) is 11.8 Å². The molecule has 2 aromatic rings. The molecule has 37 heavy (non-hydrogen) atoms. The number of likely N-dealkylation sites (tertiary alicyclic amines) is 1. The topological polar surface area (TPSA) is 87.7 Å². The molecule has 2 N–H and O–H groups in total. The third kappa shape index (κ3) is 7.47. The lowest BCUT2D eigenvalue weighted by atomic mass is 9.88. The number of nitrogens with one attached hydrogen (secondary N) is 2. The Hall–Kier alpha value is -3.56. The third-order valence-electron chi connectivity index (χ3n) is 6.36. The van der Waals surface area contributed by atoms with Gasteiger partial charge in [-0.3, -0.25) is 14.4 Å². The van der Waals surface area contributed by atoms with Gasteiger partial charge in [-0.15, -0.1) is 0 Å². The van der Waals surface area contributed by atoms with E-state index in [1.807, 2.05) is 13.8 Å². The zero-order valence-electron chi connectivity index (χ0n) is 21.1. The van der Waals surface area contributed by atoms with E-state index in [0.29, 0.717) is 43.8 Å². The van der Waals surface area contributed by atoms with Gasteiger partial charge in [0.15, 0.2) is 0 Å². The van der Waals surface area contributed by atoms with Crippen molar-refractivity contribution in [2.24, 2.45) is 11.8 Å². The monoisotopic (exact) mass is 519 g/mol. The Morgan fingerprint density at radius 3 is 2.05 bits per heavy atom. The van der Waals surface area contributed by atoms with Crippen LogP contribution in [0.25, 0.3) is 0 Å². The van der Waals surface area contributed by atoms with Crippen LogP contribution in [0.1, 0.15) is 53.0 Å². The largest absolute Gasteiger partial charge is 0.497 e. The summed E-state index contributed by atoms with van der Waals surface area (Å²) < 4.78 is 43.6. The predicted molar refractivity (Wildman–Crippen MR) is 132 cm³/mol. The number of methoxy groups -OCH3 is 1. The number of carbonyl (C=O) groups excluding carboxylic acids is 3. The molecule has 200 valence electrons. The van der Waals surface area contributed by atoms with Crippen LogP contribution in [0.15, 0.2) is 48.5 Å². The molecule has 10 heteroatoms. The zero-order valence-corrected chi connectivity index (χ0v) is 21.1. The molecule has 1 heterocycles. The van der Waals surface area contributed by atoms with Crippen LogP contribution < -0.4 is 15.4 Å². The van der Waals surface area contributed by atoms with Gasteiger partial charge in [0.25, 0.3) is 11.8 Å². The van der Waals surface area contributed by atoms with Crippen LogP contribution in [0.4, 0.5) is 13.2 Å². The predicted octanol–water partition coefficient (Wildman–Crippen LogP) is 4.14. The smallest absolute Gasteiger partial charge is 0.416 e. The van der Waals surface area contributed by atoms with Crippen molar-refractivity contribution in [2.75, 3.05) is 26.7 Å². The summed E-state index contributed by atoms with van der Waals surface area (Å²) in [5.41, 5.74) is -0.256. The maximum Gasteiger partial charge on any atom is 0.416 e. The summed E-state index contributed by atoms with van der Waals surface area (Å²) in [7, 11) is 1.53. The lowest BCUT2D eigenvalue weighted by Gasteiger charge is -2.36. The van der Waals surface area contributed by atoms with Gasteiger partial charge in [-0.1, -0.05) is 13.8 Å². The van der Waals surface area contributed by atoms with Crippen LogP contribution in [0.2, 0.25) is 0 Å². The molecule has 0 radical (unpaired) electrons. The number of piperidine rings is 1. The van der Waals surface area contributed by atoms with Gasteiger partial charge in [0.1, 0.15) is 11.8 Å². The highest BCUT2D eigenvalue weighted by atomic mass is 19.4. The Labute approximate surface area is 214 Å². The lowest BCUT2D eigenvalue weighted by molar-refractivity contribution is -0.137. The molecule has 1 saturated heterocycles. The summed E-state index contributed by atoms with van der Waals surface area (Å²) >= 11 is 0. The SMILES string of the molecule is COc1ccc(C(=O)N[C@H](C(=O)NCC(C)C)C2CCN(C(=O)c3ccc(C(F)(F)F)cc3)CC2)cc1. The Morgan fingerprint density at radius 2 is 1.54 bits per heavy atom. The Kier molecular flexibility index (Phi) is 9.18. The Morgan fingerprint density at radius 1 is 0.973 bits per heavy atom. The summed E-state index contributed by atoms with van der Waals surface area (Å²) in [4.78, 5) is 40.4. The highest BCUT2D eigenvalue weighted by molar-refractivity contribution is 5.98. The molecule has 0 aromatic heterocycles. The number of benzene rings is 2. The first-order valence-electron chi connectivity index (χ1n) is 12.2. The zero-order chi connectivity index (χ0) is 27.2. The minimum atomic E-state index is -4.47. The maximum atomic E-state index is 13.0. The van der Waals surface area contributed by atoms with E-state index in [1.165, 1.54) is 19.2 Å². The molecule has 7 nitrogen and oxygen atoms in total. The van der Waals surface area contributed by atoms with Crippen molar-refractivity contribution in [3.63, 3.8) is 0 Å². The molecule has 0 saturated carbocycles. The first-order valence-corrected chi connectivity index (χ1v) is 12.2. The van der Waals surface area contributed by atoms with Gasteiger partial charge in [-0.25, -0.2) is 0 Å². The van der Waals surface area contributed by atoms with Gasteiger partial charge in [-0.2, -0.15) is 13.2 Å². The van der Waals surface area contributed by atoms with Crippen LogP contribution in [0.3, 0.4) is 0 Å². The lowest BCUT2D eigenvalue weighted by Crippen LogP contribution is -2.54. The highest BCUT2D eigenvalue weighted by Crippen LogP contribution is 2.30. The number of nitrogens with zero attached hydrogens (tertiary/aromatic N) is 1. The van der Waals surface area contributed by atoms with E-state index in [2.05, 4.69) is 10.6 Å². The average molecular weight is 520 g/mol. The second kappa shape index (κ2) is 12.1. The number of hydrogen-bond acceptors (Lipinski definition) is 4. The number of halogens is 3. The highest BCUT2D eigenvalue weighted by Gasteiger charge is 2.35. The van der Waals surface area contributed by atoms with E-state index < -0.39 is 23.7 Å². The molecule has 0 unspecified atom stereocenters. The second-order valence-electron chi connectivity index (χ2n) is 9.52. The molecule has 3 rings (SSSR count). The second-order valence-corrected chi connectivity index (χ2v) is 9.52. The average Bonchev–Trinajstić information content (AvgIpc) is 2.89. The van der Waals surface area contributed by atoms with Gasteiger partial charge in [0.2, 0.25) is 5.91 Å². The standard InChI is InChI=1S/C27H32F3N3O4/c1-17(2)16-31-25(35)23(32-24(34)19-6-10-22(37-3)11-7-19)18-12-14-33(15-13-18)26(36)20-4-8-21(9-5-20)27(28,29)30/h4-11,17-18,23H,12-16H2,1-3H3,(H,31,35)(H,32,34)/t23-/m0/s1. The summed E-state index contributed by atoms with van der Waals surface area (Å²) in [6.07, 6.45) is -3.56. The Balaban J connectivity index is 1.67. The van der Waals surface area contributed by atoms with Crippen LogP contribution in [0.5, 0.6) is 5.75 Å². The van der Waals surface area contributed by atoms with E-state index in [-0.39, 0.29) is 29.2 Å². The summed E-state index contributed by atoms with van der Waals surface area (Å²) in [5, 5.41) is 5.74. The van der Waals surface area contributed by atoms with Crippen molar-refractivity contribution in [2.45, 2.75) is 38.9 Å². The molecule has 1 aliphatic rings. The van der Waals surface area contributed by atoms with E-state index in [4.69, 9.17) is 4.74 Å². The Bertz CT molecular complexity index is 1080. The minimum absolute atomic E-state index is 0.172. The number of carbonyl (C=O) groups is 3. The first kappa shape index (κ1) is 28.0. The number of alkyl halides is 3. The molecule has 0 spiro atoms. The van der Waals surface area contributed by atoms with Gasteiger partial charge in [-0.05, 0) is 73.2 Å². The molecule has 0 bridgehead atoms. The van der Waals surface area contributed by atoms with E-state index in [9.17, 15) is 27.6 Å². The van der Waals surface area contributed by atoms with Gasteiger partial charge in [0, 0.05) is 30.8 Å². The van der Waals surface area contributed by atoms with Crippen molar-refractivity contribution in [3.8, 4) is 5.75 Å². The van der Waals surface area contributed by atoms with Crippen molar-refractivity contribution in [1.82, 2.24) is 15.5 Å². The molecule has 1 aliphatic heterocycles. The van der Waals surface area contributed by atoms with Crippen molar-refractivity contribution >= 4 is 17.7 Å². The molecule has 1 fully saturated rings. The summed E-state index contributed by atoms with van der Waals surface area (Å²) in [6.45, 7) is 5.03. The summed E-state index contributed by atoms with van der Waals surface area (Å²) in [5.74, 6) is -0.432. The van der Waals surface area contributed by atoms with Crippen molar-refractivity contribution in [3.05, 3.63) is 65.2 Å². The fraction of sp³-hybridized carbons (Fsp3) is 0.444. The van der Waals surface area contributed by atoms with Gasteiger partial charge >= 0.3 is 6.18 Å². The number of ether oxygens (including phenoxy) is 1. The van der Waals surface area contributed by atoms with E-state index in [1.54, 1.807) is 29.2 Å². The minimum Gasteiger partial charge on any atom is -0.497 e. The first-order chi connectivity index (χ1) is 17.5. The molecule has 2 aromatic carbocycles.